The van der Waals surface area contributed by atoms with Crippen molar-refractivity contribution in [3.05, 3.63) is 64.4 Å². The van der Waals surface area contributed by atoms with Crippen LogP contribution in [0.2, 0.25) is 0 Å². The van der Waals surface area contributed by atoms with E-state index in [1.54, 1.807) is 6.20 Å². The topological polar surface area (TPSA) is 54.9 Å². The molecule has 3 aromatic rings. The fourth-order valence-electron chi connectivity index (χ4n) is 4.21. The Morgan fingerprint density at radius 3 is 2.74 bits per heavy atom. The number of carbonyl (C=O) groups excluding carboxylic acids is 1. The van der Waals surface area contributed by atoms with Gasteiger partial charge in [-0.25, -0.2) is 9.37 Å². The van der Waals surface area contributed by atoms with Gasteiger partial charge in [0.15, 0.2) is 0 Å². The first-order valence-corrected chi connectivity index (χ1v) is 11.3. The number of aromatic nitrogens is 1. The van der Waals surface area contributed by atoms with E-state index in [-0.39, 0.29) is 17.8 Å². The van der Waals surface area contributed by atoms with Crippen LogP contribution in [-0.2, 0) is 16.0 Å². The quantitative estimate of drug-likeness (QED) is 0.621. The van der Waals surface area contributed by atoms with E-state index < -0.39 is 0 Å². The van der Waals surface area contributed by atoms with E-state index in [1.807, 2.05) is 29.2 Å². The molecule has 0 spiro atoms. The Hall–Kier alpha value is -2.39. The molecule has 1 amide bonds. The normalized spacial score (nSPS) is 20.3. The molecule has 1 atom stereocenters. The molecule has 0 unspecified atom stereocenters. The van der Waals surface area contributed by atoms with E-state index in [0.29, 0.717) is 50.9 Å². The minimum absolute atomic E-state index is 0.0283. The molecule has 2 aromatic heterocycles. The van der Waals surface area contributed by atoms with Crippen molar-refractivity contribution in [1.29, 1.82) is 0 Å². The van der Waals surface area contributed by atoms with E-state index in [2.05, 4.69) is 9.88 Å². The van der Waals surface area contributed by atoms with Crippen molar-refractivity contribution >= 4 is 27.5 Å². The number of hydrogen-bond donors (Lipinski definition) is 0. The molecule has 0 radical (unpaired) electrons. The van der Waals surface area contributed by atoms with Crippen molar-refractivity contribution in [2.45, 2.75) is 12.6 Å². The molecule has 0 aliphatic carbocycles. The number of pyridine rings is 1. The summed E-state index contributed by atoms with van der Waals surface area (Å²) < 4.78 is 24.8. The highest BCUT2D eigenvalue weighted by Gasteiger charge is 2.32. The lowest BCUT2D eigenvalue weighted by Gasteiger charge is -2.34. The number of ether oxygens (including phenoxy) is 2. The predicted molar refractivity (Wildman–Crippen MR) is 117 cm³/mol. The third-order valence-corrected chi connectivity index (χ3v) is 6.91. The van der Waals surface area contributed by atoms with Crippen LogP contribution in [0.4, 0.5) is 4.39 Å². The van der Waals surface area contributed by atoms with Gasteiger partial charge in [0.2, 0.25) is 0 Å². The maximum atomic E-state index is 13.4. The first-order chi connectivity index (χ1) is 15.2. The number of rotatable bonds is 4. The number of amides is 1. The highest BCUT2D eigenvalue weighted by molar-refractivity contribution is 7.20. The zero-order valence-corrected chi connectivity index (χ0v) is 17.9. The standard InChI is InChI=1S/C23H24FN3O3S/c24-17-5-3-16(4-6-17)14-26-8-13-30-19(15-26)20-18-2-1-7-25-22(18)31-21(20)23(28)27-9-11-29-12-10-27/h1-7,19H,8-15H2/t19-/m1/s1. The highest BCUT2D eigenvalue weighted by atomic mass is 32.1. The molecule has 0 bridgehead atoms. The van der Waals surface area contributed by atoms with Gasteiger partial charge in [0.1, 0.15) is 15.5 Å². The fraction of sp³-hybridized carbons (Fsp3) is 0.391. The van der Waals surface area contributed by atoms with E-state index in [4.69, 9.17) is 9.47 Å². The Kier molecular flexibility index (Phi) is 5.95. The van der Waals surface area contributed by atoms with Gasteiger partial charge in [0, 0.05) is 49.9 Å². The number of thiophene rings is 1. The van der Waals surface area contributed by atoms with Gasteiger partial charge in [-0.15, -0.1) is 11.3 Å². The summed E-state index contributed by atoms with van der Waals surface area (Å²) >= 11 is 1.44. The number of fused-ring (bicyclic) bond motifs is 1. The molecular formula is C23H24FN3O3S. The fourth-order valence-corrected chi connectivity index (χ4v) is 5.37. The highest BCUT2D eigenvalue weighted by Crippen LogP contribution is 2.38. The predicted octanol–water partition coefficient (Wildman–Crippen LogP) is 3.48. The number of hydrogen-bond acceptors (Lipinski definition) is 6. The summed E-state index contributed by atoms with van der Waals surface area (Å²) in [6.07, 6.45) is 1.54. The van der Waals surface area contributed by atoms with Crippen LogP contribution in [0.25, 0.3) is 10.2 Å². The van der Waals surface area contributed by atoms with Crippen LogP contribution in [0, 0.1) is 5.82 Å². The zero-order chi connectivity index (χ0) is 21.2. The lowest BCUT2D eigenvalue weighted by atomic mass is 10.0. The Morgan fingerprint density at radius 2 is 1.94 bits per heavy atom. The minimum Gasteiger partial charge on any atom is -0.378 e. The number of benzene rings is 1. The van der Waals surface area contributed by atoms with Crippen LogP contribution >= 0.6 is 11.3 Å². The van der Waals surface area contributed by atoms with Crippen LogP contribution in [0.1, 0.15) is 26.9 Å². The second kappa shape index (κ2) is 9.00. The number of morpholine rings is 2. The van der Waals surface area contributed by atoms with Crippen molar-refractivity contribution in [2.75, 3.05) is 46.0 Å². The van der Waals surface area contributed by atoms with E-state index in [0.717, 1.165) is 27.9 Å². The van der Waals surface area contributed by atoms with Gasteiger partial charge in [-0.1, -0.05) is 18.2 Å². The van der Waals surface area contributed by atoms with E-state index in [9.17, 15) is 9.18 Å². The maximum Gasteiger partial charge on any atom is 0.264 e. The Balaban J connectivity index is 1.44. The summed E-state index contributed by atoms with van der Waals surface area (Å²) in [5.74, 6) is -0.201. The van der Waals surface area contributed by atoms with Crippen molar-refractivity contribution in [3.8, 4) is 0 Å². The van der Waals surface area contributed by atoms with Crippen LogP contribution in [-0.4, -0.2) is 66.7 Å². The Morgan fingerprint density at radius 1 is 1.13 bits per heavy atom. The number of halogens is 1. The molecule has 4 heterocycles. The Labute approximate surface area is 184 Å². The van der Waals surface area contributed by atoms with Gasteiger partial charge >= 0.3 is 0 Å². The molecule has 8 heteroatoms. The molecule has 2 saturated heterocycles. The molecular weight excluding hydrogens is 417 g/mol. The van der Waals surface area contributed by atoms with Crippen molar-refractivity contribution in [1.82, 2.24) is 14.8 Å². The lowest BCUT2D eigenvalue weighted by molar-refractivity contribution is -0.0325. The van der Waals surface area contributed by atoms with Gasteiger partial charge in [-0.3, -0.25) is 9.69 Å². The molecule has 0 N–H and O–H groups in total. The second-order valence-corrected chi connectivity index (χ2v) is 8.83. The molecule has 31 heavy (non-hydrogen) atoms. The van der Waals surface area contributed by atoms with Crippen molar-refractivity contribution < 1.29 is 18.7 Å². The van der Waals surface area contributed by atoms with Gasteiger partial charge in [-0.2, -0.15) is 0 Å². The molecule has 1 aromatic carbocycles. The van der Waals surface area contributed by atoms with Crippen LogP contribution < -0.4 is 0 Å². The van der Waals surface area contributed by atoms with Gasteiger partial charge in [0.25, 0.3) is 5.91 Å². The third kappa shape index (κ3) is 4.34. The largest absolute Gasteiger partial charge is 0.378 e. The van der Waals surface area contributed by atoms with Gasteiger partial charge in [0.05, 0.1) is 25.9 Å². The molecule has 0 saturated carbocycles. The SMILES string of the molecule is O=C(c1sc2ncccc2c1[C@H]1CN(Cc2ccc(F)cc2)CCO1)N1CCOCC1. The summed E-state index contributed by atoms with van der Waals surface area (Å²) in [7, 11) is 0. The molecule has 2 aliphatic rings. The first kappa shape index (κ1) is 20.5. The van der Waals surface area contributed by atoms with E-state index in [1.165, 1.54) is 23.5 Å². The summed E-state index contributed by atoms with van der Waals surface area (Å²) in [6.45, 7) is 5.08. The summed E-state index contributed by atoms with van der Waals surface area (Å²) in [4.78, 5) is 23.6. The summed E-state index contributed by atoms with van der Waals surface area (Å²) in [5.41, 5.74) is 2.00. The van der Waals surface area contributed by atoms with Crippen molar-refractivity contribution in [3.63, 3.8) is 0 Å². The van der Waals surface area contributed by atoms with Crippen LogP contribution in [0.15, 0.2) is 42.6 Å². The lowest BCUT2D eigenvalue weighted by Crippen LogP contribution is -2.41. The molecule has 162 valence electrons. The molecule has 2 fully saturated rings. The molecule has 6 nitrogen and oxygen atoms in total. The zero-order valence-electron chi connectivity index (χ0n) is 17.1. The Bertz CT molecular complexity index is 1070. The van der Waals surface area contributed by atoms with E-state index >= 15 is 0 Å². The summed E-state index contributed by atoms with van der Waals surface area (Å²) in [5, 5.41) is 0.984. The monoisotopic (exact) mass is 441 g/mol. The molecule has 2 aliphatic heterocycles. The number of nitrogens with zero attached hydrogens (tertiary/aromatic N) is 3. The number of carbonyl (C=O) groups is 1. The first-order valence-electron chi connectivity index (χ1n) is 10.5. The average Bonchev–Trinajstić information content (AvgIpc) is 3.20. The maximum absolute atomic E-state index is 13.4. The minimum atomic E-state index is -0.230. The smallest absolute Gasteiger partial charge is 0.264 e. The van der Waals surface area contributed by atoms with Gasteiger partial charge < -0.3 is 14.4 Å². The third-order valence-electron chi connectivity index (χ3n) is 5.79. The summed E-state index contributed by atoms with van der Waals surface area (Å²) in [6, 6.07) is 10.5. The van der Waals surface area contributed by atoms with Crippen LogP contribution in [0.3, 0.4) is 0 Å². The second-order valence-electron chi connectivity index (χ2n) is 7.83. The average molecular weight is 442 g/mol. The van der Waals surface area contributed by atoms with Crippen molar-refractivity contribution in [2.24, 2.45) is 0 Å². The molecule has 5 rings (SSSR count). The van der Waals surface area contributed by atoms with Gasteiger partial charge in [-0.05, 0) is 23.8 Å². The van der Waals surface area contributed by atoms with Crippen LogP contribution in [0.5, 0.6) is 0 Å².